The van der Waals surface area contributed by atoms with E-state index in [9.17, 15) is 19.5 Å². The summed E-state index contributed by atoms with van der Waals surface area (Å²) in [6.45, 7) is 9.35. The Labute approximate surface area is 245 Å². The number of carbonyl (C=O) groups excluding carboxylic acids is 1. The lowest BCUT2D eigenvalue weighted by molar-refractivity contribution is -0.139. The van der Waals surface area contributed by atoms with E-state index in [1.54, 1.807) is 44.2 Å². The number of ether oxygens (including phenoxy) is 2. The van der Waals surface area contributed by atoms with Crippen LogP contribution in [0.1, 0.15) is 61.0 Å². The van der Waals surface area contributed by atoms with Gasteiger partial charge in [-0.3, -0.25) is 9.36 Å². The van der Waals surface area contributed by atoms with Gasteiger partial charge in [-0.25, -0.2) is 14.6 Å². The Balaban J connectivity index is 1.59. The highest BCUT2D eigenvalue weighted by atomic mass is 32.1. The molecule has 42 heavy (non-hydrogen) atoms. The van der Waals surface area contributed by atoms with Gasteiger partial charge in [0.25, 0.3) is 5.56 Å². The Bertz CT molecular complexity index is 1890. The highest BCUT2D eigenvalue weighted by Gasteiger charge is 2.33. The Morgan fingerprint density at radius 1 is 1.12 bits per heavy atom. The van der Waals surface area contributed by atoms with E-state index in [1.807, 2.05) is 45.0 Å². The zero-order valence-corrected chi connectivity index (χ0v) is 24.7. The maximum absolute atomic E-state index is 13.9. The molecule has 1 aliphatic rings. The van der Waals surface area contributed by atoms with Crippen molar-refractivity contribution in [3.8, 4) is 17.1 Å². The molecule has 0 aliphatic carbocycles. The quantitative estimate of drug-likeness (QED) is 0.293. The molecule has 0 unspecified atom stereocenters. The van der Waals surface area contributed by atoms with Gasteiger partial charge in [0, 0.05) is 11.6 Å². The molecule has 0 amide bonds. The van der Waals surface area contributed by atoms with Crippen molar-refractivity contribution in [2.45, 2.75) is 46.8 Å². The minimum Gasteiger partial charge on any atom is -0.491 e. The summed E-state index contributed by atoms with van der Waals surface area (Å²) in [5, 5.41) is 9.26. The smallest absolute Gasteiger partial charge is 0.338 e. The number of nitrogens with zero attached hydrogens (tertiary/aromatic N) is 2. The molecule has 0 fully saturated rings. The molecule has 2 aromatic carbocycles. The third kappa shape index (κ3) is 5.58. The van der Waals surface area contributed by atoms with Crippen molar-refractivity contribution in [2.75, 3.05) is 6.61 Å². The molecule has 5 rings (SSSR count). The number of aromatic nitrogens is 1. The summed E-state index contributed by atoms with van der Waals surface area (Å²) < 4.78 is 19.1. The molecule has 1 N–H and O–H groups in total. The number of aryl methyl sites for hydroxylation is 1. The minimum absolute atomic E-state index is 0.000825. The summed E-state index contributed by atoms with van der Waals surface area (Å²) in [5.41, 5.74) is 2.88. The summed E-state index contributed by atoms with van der Waals surface area (Å²) in [4.78, 5) is 43.3. The lowest BCUT2D eigenvalue weighted by Gasteiger charge is -2.25. The number of furan rings is 1. The zero-order valence-electron chi connectivity index (χ0n) is 23.8. The van der Waals surface area contributed by atoms with Crippen molar-refractivity contribution < 1.29 is 28.6 Å². The second-order valence-electron chi connectivity index (χ2n) is 10.1. The Kier molecular flexibility index (Phi) is 8.00. The van der Waals surface area contributed by atoms with E-state index in [4.69, 9.17) is 13.9 Å². The monoisotopic (exact) mass is 586 g/mol. The molecule has 216 valence electrons. The fourth-order valence-electron chi connectivity index (χ4n) is 4.89. The summed E-state index contributed by atoms with van der Waals surface area (Å²) in [6.07, 6.45) is 1.65. The van der Waals surface area contributed by atoms with Crippen LogP contribution in [-0.4, -0.2) is 34.3 Å². The predicted molar refractivity (Wildman–Crippen MR) is 158 cm³/mol. The van der Waals surface area contributed by atoms with Crippen LogP contribution in [0, 0.1) is 6.92 Å². The number of thiazole rings is 1. The fraction of sp³-hybridized carbons (Fsp3) is 0.250. The van der Waals surface area contributed by atoms with Crippen LogP contribution in [0.3, 0.4) is 0 Å². The van der Waals surface area contributed by atoms with Gasteiger partial charge < -0.3 is 19.0 Å². The van der Waals surface area contributed by atoms with Crippen LogP contribution in [0.4, 0.5) is 0 Å². The molecule has 0 bridgehead atoms. The highest BCUT2D eigenvalue weighted by molar-refractivity contribution is 7.07. The van der Waals surface area contributed by atoms with Gasteiger partial charge in [0.05, 0.1) is 40.1 Å². The molecule has 3 heterocycles. The van der Waals surface area contributed by atoms with Gasteiger partial charge in [-0.15, -0.1) is 0 Å². The van der Waals surface area contributed by atoms with Crippen LogP contribution in [0.2, 0.25) is 0 Å². The van der Waals surface area contributed by atoms with E-state index in [2.05, 4.69) is 4.99 Å². The average Bonchev–Trinajstić information content (AvgIpc) is 3.52. The van der Waals surface area contributed by atoms with Crippen molar-refractivity contribution in [2.24, 2.45) is 4.99 Å². The number of esters is 1. The number of allylic oxidation sites excluding steroid dienone is 1. The van der Waals surface area contributed by atoms with Crippen molar-refractivity contribution in [1.29, 1.82) is 0 Å². The molecule has 9 nitrogen and oxygen atoms in total. The number of rotatable bonds is 8. The van der Waals surface area contributed by atoms with E-state index in [0.717, 1.165) is 16.7 Å². The molecule has 2 aromatic heterocycles. The van der Waals surface area contributed by atoms with Gasteiger partial charge in [-0.05, 0) is 82.1 Å². The van der Waals surface area contributed by atoms with E-state index >= 15 is 0 Å². The third-order valence-electron chi connectivity index (χ3n) is 6.72. The van der Waals surface area contributed by atoms with Gasteiger partial charge in [0.15, 0.2) is 4.80 Å². The van der Waals surface area contributed by atoms with Crippen LogP contribution in [0.25, 0.3) is 17.4 Å². The molecule has 0 radical (unpaired) electrons. The number of carbonyl (C=O) groups is 2. The van der Waals surface area contributed by atoms with Gasteiger partial charge in [0.2, 0.25) is 0 Å². The number of aromatic carboxylic acids is 1. The SMILES string of the molecule is CCOC(=O)C1=C(C)N=c2s/c(=C\c3ccc(-c4ccc(C(=O)O)cc4C)o3)c(=O)n2[C@@H]1c1ccc(OC(C)C)cc1. The van der Waals surface area contributed by atoms with E-state index in [-0.39, 0.29) is 23.8 Å². The van der Waals surface area contributed by atoms with Crippen LogP contribution in [0.15, 0.2) is 80.1 Å². The second-order valence-corrected chi connectivity index (χ2v) is 11.1. The summed E-state index contributed by atoms with van der Waals surface area (Å²) in [6, 6.07) is 14.9. The minimum atomic E-state index is -1.00. The van der Waals surface area contributed by atoms with Crippen LogP contribution < -0.4 is 19.6 Å². The van der Waals surface area contributed by atoms with Crippen LogP contribution >= 0.6 is 11.3 Å². The zero-order chi connectivity index (χ0) is 30.1. The molecule has 0 spiro atoms. The van der Waals surface area contributed by atoms with Gasteiger partial charge >= 0.3 is 11.9 Å². The molecule has 0 saturated heterocycles. The number of benzene rings is 2. The fourth-order valence-corrected chi connectivity index (χ4v) is 5.91. The number of carboxylic acid groups (broad SMARTS) is 1. The summed E-state index contributed by atoms with van der Waals surface area (Å²) >= 11 is 1.20. The van der Waals surface area contributed by atoms with E-state index in [1.165, 1.54) is 22.0 Å². The third-order valence-corrected chi connectivity index (χ3v) is 7.71. The Hall–Kier alpha value is -4.70. The van der Waals surface area contributed by atoms with Gasteiger partial charge in [0.1, 0.15) is 17.3 Å². The maximum Gasteiger partial charge on any atom is 0.338 e. The molecule has 4 aromatic rings. The topological polar surface area (TPSA) is 120 Å². The number of hydrogen-bond donors (Lipinski definition) is 1. The van der Waals surface area contributed by atoms with Gasteiger partial charge in [-0.1, -0.05) is 29.5 Å². The first kappa shape index (κ1) is 28.8. The first-order valence-corrected chi connectivity index (χ1v) is 14.3. The second kappa shape index (κ2) is 11.7. The highest BCUT2D eigenvalue weighted by Crippen LogP contribution is 2.32. The van der Waals surface area contributed by atoms with E-state index < -0.39 is 18.0 Å². The number of hydrogen-bond acceptors (Lipinski definition) is 8. The van der Waals surface area contributed by atoms with Crippen molar-refractivity contribution in [1.82, 2.24) is 4.57 Å². The summed E-state index contributed by atoms with van der Waals surface area (Å²) in [5.74, 6) is 0.150. The number of carboxylic acids is 1. The molecule has 1 aliphatic heterocycles. The van der Waals surface area contributed by atoms with Crippen molar-refractivity contribution in [3.63, 3.8) is 0 Å². The standard InChI is InChI=1S/C32H30N2O7S/c1-6-39-31(38)27-19(5)33-32-34(28(27)20-7-10-22(11-8-20)40-17(2)3)29(35)26(42-32)16-23-12-14-25(41-23)24-13-9-21(30(36)37)15-18(24)4/h7-17,28H,6H2,1-5H3,(H,36,37)/b26-16-/t28-/m1/s1. The summed E-state index contributed by atoms with van der Waals surface area (Å²) in [7, 11) is 0. The van der Waals surface area contributed by atoms with Crippen molar-refractivity contribution >= 4 is 29.4 Å². The average molecular weight is 587 g/mol. The molecular weight excluding hydrogens is 556 g/mol. The lowest BCUT2D eigenvalue weighted by atomic mass is 9.96. The molecular formula is C32H30N2O7S. The molecule has 1 atom stereocenters. The van der Waals surface area contributed by atoms with E-state index in [0.29, 0.717) is 37.9 Å². The largest absolute Gasteiger partial charge is 0.491 e. The lowest BCUT2D eigenvalue weighted by Crippen LogP contribution is -2.39. The molecule has 0 saturated carbocycles. The maximum atomic E-state index is 13.9. The Morgan fingerprint density at radius 3 is 2.50 bits per heavy atom. The normalized spacial score (nSPS) is 15.0. The number of fused-ring (bicyclic) bond motifs is 1. The molecule has 10 heteroatoms. The first-order valence-electron chi connectivity index (χ1n) is 13.5. The first-order chi connectivity index (χ1) is 20.1. The van der Waals surface area contributed by atoms with Crippen molar-refractivity contribution in [3.05, 3.63) is 108 Å². The predicted octanol–water partition coefficient (Wildman–Crippen LogP) is 4.85. The Morgan fingerprint density at radius 2 is 1.86 bits per heavy atom. The van der Waals surface area contributed by atoms with Crippen LogP contribution in [-0.2, 0) is 9.53 Å². The van der Waals surface area contributed by atoms with Crippen LogP contribution in [0.5, 0.6) is 5.75 Å². The van der Waals surface area contributed by atoms with Gasteiger partial charge in [-0.2, -0.15) is 0 Å².